The van der Waals surface area contributed by atoms with Gasteiger partial charge in [0, 0.05) is 5.92 Å². The maximum absolute atomic E-state index is 12.4. The third kappa shape index (κ3) is 4.19. The number of hydrogen-bond acceptors (Lipinski definition) is 6. The van der Waals surface area contributed by atoms with Gasteiger partial charge in [0.15, 0.2) is 5.13 Å². The number of rotatable bonds is 6. The van der Waals surface area contributed by atoms with E-state index in [4.69, 9.17) is 9.84 Å². The molecule has 1 heterocycles. The number of aliphatic carboxylic acids is 1. The van der Waals surface area contributed by atoms with Gasteiger partial charge in [0.05, 0.1) is 5.69 Å². The normalized spacial score (nSPS) is 13.1. The predicted octanol–water partition coefficient (Wildman–Crippen LogP) is 4.02. The SMILES string of the molecule is Cc1nc(NC(=O)OCC2c3ccccc3-c3ccccc32)sc1C(=O)NC(C)C(=O)O. The van der Waals surface area contributed by atoms with E-state index in [0.717, 1.165) is 33.6 Å². The van der Waals surface area contributed by atoms with Crippen molar-refractivity contribution in [1.82, 2.24) is 10.3 Å². The van der Waals surface area contributed by atoms with Crippen molar-refractivity contribution in [2.24, 2.45) is 0 Å². The molecule has 2 aromatic carbocycles. The lowest BCUT2D eigenvalue weighted by atomic mass is 9.98. The van der Waals surface area contributed by atoms with Crippen LogP contribution in [0.5, 0.6) is 0 Å². The van der Waals surface area contributed by atoms with E-state index in [0.29, 0.717) is 5.69 Å². The van der Waals surface area contributed by atoms with E-state index in [9.17, 15) is 14.4 Å². The van der Waals surface area contributed by atoms with Crippen LogP contribution in [0, 0.1) is 6.92 Å². The molecule has 0 radical (unpaired) electrons. The predicted molar refractivity (Wildman–Crippen MR) is 120 cm³/mol. The van der Waals surface area contributed by atoms with E-state index < -0.39 is 24.0 Å². The molecular formula is C23H21N3O5S. The van der Waals surface area contributed by atoms with E-state index in [1.165, 1.54) is 6.92 Å². The number of nitrogens with zero attached hydrogens (tertiary/aromatic N) is 1. The Morgan fingerprint density at radius 1 is 1.09 bits per heavy atom. The first-order chi connectivity index (χ1) is 15.3. The number of carbonyl (C=O) groups excluding carboxylic acids is 2. The number of carbonyl (C=O) groups is 3. The summed E-state index contributed by atoms with van der Waals surface area (Å²) in [6.45, 7) is 3.14. The van der Waals surface area contributed by atoms with Crippen molar-refractivity contribution in [3.8, 4) is 11.1 Å². The fourth-order valence-electron chi connectivity index (χ4n) is 3.71. The Labute approximate surface area is 188 Å². The number of fused-ring (bicyclic) bond motifs is 3. The van der Waals surface area contributed by atoms with Crippen molar-refractivity contribution in [1.29, 1.82) is 0 Å². The second kappa shape index (κ2) is 8.80. The molecule has 1 unspecified atom stereocenters. The zero-order chi connectivity index (χ0) is 22.8. The summed E-state index contributed by atoms with van der Waals surface area (Å²) in [5.41, 5.74) is 4.88. The van der Waals surface area contributed by atoms with Crippen LogP contribution < -0.4 is 10.6 Å². The lowest BCUT2D eigenvalue weighted by molar-refractivity contribution is -0.138. The molecule has 0 aliphatic heterocycles. The summed E-state index contributed by atoms with van der Waals surface area (Å²) < 4.78 is 5.49. The number of ether oxygens (including phenoxy) is 1. The lowest BCUT2D eigenvalue weighted by Gasteiger charge is -2.14. The molecule has 0 fully saturated rings. The van der Waals surface area contributed by atoms with Crippen molar-refractivity contribution in [2.75, 3.05) is 11.9 Å². The standard InChI is InChI=1S/C23H21N3O5S/c1-12-19(20(27)24-13(2)21(28)29)32-22(25-12)26-23(30)31-11-18-16-9-5-3-7-14(16)15-8-4-6-10-17(15)18/h3-10,13,18H,11H2,1-2H3,(H,24,27)(H,28,29)(H,25,26,30). The first-order valence-electron chi connectivity index (χ1n) is 9.98. The maximum Gasteiger partial charge on any atom is 0.413 e. The molecule has 9 heteroatoms. The molecule has 164 valence electrons. The first kappa shape index (κ1) is 21.5. The molecule has 1 aliphatic carbocycles. The Kier molecular flexibility index (Phi) is 5.91. The van der Waals surface area contributed by atoms with Crippen LogP contribution in [0.4, 0.5) is 9.93 Å². The molecule has 1 aromatic heterocycles. The van der Waals surface area contributed by atoms with Gasteiger partial charge in [0.2, 0.25) is 0 Å². The third-order valence-electron chi connectivity index (χ3n) is 5.27. The van der Waals surface area contributed by atoms with Crippen LogP contribution in [0.1, 0.15) is 39.3 Å². The minimum Gasteiger partial charge on any atom is -0.480 e. The van der Waals surface area contributed by atoms with E-state index in [2.05, 4.69) is 27.8 Å². The molecule has 0 saturated carbocycles. The molecule has 0 bridgehead atoms. The third-order valence-corrected chi connectivity index (χ3v) is 6.35. The van der Waals surface area contributed by atoms with E-state index in [1.807, 2.05) is 36.4 Å². The summed E-state index contributed by atoms with van der Waals surface area (Å²) in [6, 6.07) is 15.1. The van der Waals surface area contributed by atoms with Crippen molar-refractivity contribution in [2.45, 2.75) is 25.8 Å². The van der Waals surface area contributed by atoms with Gasteiger partial charge in [-0.25, -0.2) is 9.78 Å². The Bertz CT molecular complexity index is 1160. The highest BCUT2D eigenvalue weighted by atomic mass is 32.1. The molecular weight excluding hydrogens is 430 g/mol. The van der Waals surface area contributed by atoms with Crippen molar-refractivity contribution in [3.05, 3.63) is 70.2 Å². The number of hydrogen-bond donors (Lipinski definition) is 3. The lowest BCUT2D eigenvalue weighted by Crippen LogP contribution is -2.38. The number of benzene rings is 2. The fraction of sp³-hybridized carbons (Fsp3) is 0.217. The molecule has 8 nitrogen and oxygen atoms in total. The van der Waals surface area contributed by atoms with Crippen LogP contribution in [-0.2, 0) is 9.53 Å². The van der Waals surface area contributed by atoms with Crippen molar-refractivity contribution in [3.63, 3.8) is 0 Å². The number of aryl methyl sites for hydroxylation is 1. The van der Waals surface area contributed by atoms with Gasteiger partial charge in [-0.1, -0.05) is 59.9 Å². The quantitative estimate of drug-likeness (QED) is 0.521. The molecule has 0 saturated heterocycles. The number of anilines is 1. The van der Waals surface area contributed by atoms with Crippen molar-refractivity contribution >= 4 is 34.4 Å². The zero-order valence-corrected chi connectivity index (χ0v) is 18.2. The Hall–Kier alpha value is -3.72. The minimum atomic E-state index is -1.14. The monoisotopic (exact) mass is 451 g/mol. The summed E-state index contributed by atoms with van der Waals surface area (Å²) in [5.74, 6) is -1.77. The van der Waals surface area contributed by atoms with E-state index in [1.54, 1.807) is 6.92 Å². The molecule has 3 aromatic rings. The van der Waals surface area contributed by atoms with Gasteiger partial charge in [-0.15, -0.1) is 0 Å². The molecule has 1 atom stereocenters. The number of carboxylic acids is 1. The zero-order valence-electron chi connectivity index (χ0n) is 17.4. The topological polar surface area (TPSA) is 118 Å². The summed E-state index contributed by atoms with van der Waals surface area (Å²) in [7, 11) is 0. The van der Waals surface area contributed by atoms with E-state index in [-0.39, 0.29) is 22.5 Å². The Morgan fingerprint density at radius 3 is 2.28 bits per heavy atom. The van der Waals surface area contributed by atoms with Crippen LogP contribution in [0.3, 0.4) is 0 Å². The Balaban J connectivity index is 1.41. The largest absolute Gasteiger partial charge is 0.480 e. The second-order valence-electron chi connectivity index (χ2n) is 7.42. The van der Waals surface area contributed by atoms with Gasteiger partial charge in [0.25, 0.3) is 5.91 Å². The highest BCUT2D eigenvalue weighted by Crippen LogP contribution is 2.44. The summed E-state index contributed by atoms with van der Waals surface area (Å²) >= 11 is 0.957. The average molecular weight is 452 g/mol. The number of aromatic nitrogens is 1. The Morgan fingerprint density at radius 2 is 1.69 bits per heavy atom. The van der Waals surface area contributed by atoms with Gasteiger partial charge in [-0.2, -0.15) is 0 Å². The molecule has 1 aliphatic rings. The first-order valence-corrected chi connectivity index (χ1v) is 10.8. The van der Waals surface area contributed by atoms with Gasteiger partial charge in [-0.3, -0.25) is 14.9 Å². The van der Waals surface area contributed by atoms with Gasteiger partial charge in [-0.05, 0) is 36.1 Å². The van der Waals surface area contributed by atoms with E-state index >= 15 is 0 Å². The number of carboxylic acid groups (broad SMARTS) is 1. The van der Waals surface area contributed by atoms with Crippen LogP contribution in [0.2, 0.25) is 0 Å². The summed E-state index contributed by atoms with van der Waals surface area (Å²) in [6.07, 6.45) is -0.675. The van der Waals surface area contributed by atoms with Gasteiger partial charge in [0.1, 0.15) is 17.5 Å². The smallest absolute Gasteiger partial charge is 0.413 e. The highest BCUT2D eigenvalue weighted by molar-refractivity contribution is 7.17. The van der Waals surface area contributed by atoms with Crippen LogP contribution in [0.25, 0.3) is 11.1 Å². The second-order valence-corrected chi connectivity index (χ2v) is 8.42. The van der Waals surface area contributed by atoms with Gasteiger partial charge >= 0.3 is 12.1 Å². The number of nitrogens with one attached hydrogen (secondary N) is 2. The van der Waals surface area contributed by atoms with Crippen LogP contribution in [-0.4, -0.2) is 40.7 Å². The van der Waals surface area contributed by atoms with Crippen LogP contribution in [0.15, 0.2) is 48.5 Å². The summed E-state index contributed by atoms with van der Waals surface area (Å²) in [4.78, 5) is 40.0. The van der Waals surface area contributed by atoms with Gasteiger partial charge < -0.3 is 15.2 Å². The average Bonchev–Trinajstić information content (AvgIpc) is 3.29. The minimum absolute atomic E-state index is 0.0648. The maximum atomic E-state index is 12.4. The molecule has 3 N–H and O–H groups in total. The molecule has 2 amide bonds. The molecule has 4 rings (SSSR count). The molecule has 0 spiro atoms. The summed E-state index contributed by atoms with van der Waals surface area (Å²) in [5, 5.41) is 14.1. The fourth-order valence-corrected chi connectivity index (χ4v) is 4.56. The van der Waals surface area contributed by atoms with Crippen LogP contribution >= 0.6 is 11.3 Å². The molecule has 32 heavy (non-hydrogen) atoms. The number of amides is 2. The van der Waals surface area contributed by atoms with Crippen molar-refractivity contribution < 1.29 is 24.2 Å². The highest BCUT2D eigenvalue weighted by Gasteiger charge is 2.29. The number of thiazole rings is 1.